The Hall–Kier alpha value is -0.865. The summed E-state index contributed by atoms with van der Waals surface area (Å²) in [6.07, 6.45) is 0. The summed E-state index contributed by atoms with van der Waals surface area (Å²) in [5.74, 6) is -0.244. The predicted octanol–water partition coefficient (Wildman–Crippen LogP) is 0.352. The van der Waals surface area contributed by atoms with Gasteiger partial charge < -0.3 is 9.68 Å². The molecule has 1 aliphatic heterocycles. The van der Waals surface area contributed by atoms with E-state index >= 15 is 0 Å². The van der Waals surface area contributed by atoms with Gasteiger partial charge in [-0.3, -0.25) is 0 Å². The molecule has 0 aliphatic carbocycles. The molecular weight excluding hydrogens is 158 g/mol. The fraction of sp³-hybridized carbons (Fsp3) is 0.250. The van der Waals surface area contributed by atoms with Gasteiger partial charge in [0.15, 0.2) is 0 Å². The van der Waals surface area contributed by atoms with Crippen LogP contribution in [0.15, 0.2) is 12.1 Å². The van der Waals surface area contributed by atoms with Crippen LogP contribution in [0.5, 0.6) is 0 Å². The van der Waals surface area contributed by atoms with Gasteiger partial charge in [0.25, 0.3) is 0 Å². The Morgan fingerprint density at radius 3 is 3.08 bits per heavy atom. The van der Waals surface area contributed by atoms with Crippen molar-refractivity contribution in [2.75, 3.05) is 0 Å². The molecule has 0 radical (unpaired) electrons. The molecule has 1 aliphatic rings. The molecule has 62 valence electrons. The molecule has 1 aromatic carbocycles. The first kappa shape index (κ1) is 7.77. The Morgan fingerprint density at radius 2 is 2.33 bits per heavy atom. The molecule has 1 N–H and O–H groups in total. The highest BCUT2D eigenvalue weighted by atomic mass is 19.1. The summed E-state index contributed by atoms with van der Waals surface area (Å²) in [6, 6.07) is 2.92. The lowest BCUT2D eigenvalue weighted by Gasteiger charge is -2.02. The summed E-state index contributed by atoms with van der Waals surface area (Å²) in [5.41, 5.74) is 2.04. The molecule has 2 rings (SSSR count). The molecule has 0 fully saturated rings. The minimum atomic E-state index is -0.876. The maximum absolute atomic E-state index is 13.0. The number of halogens is 1. The molecule has 0 spiro atoms. The molecule has 0 atom stereocenters. The van der Waals surface area contributed by atoms with Crippen molar-refractivity contribution in [2.45, 2.75) is 13.5 Å². The van der Waals surface area contributed by atoms with E-state index in [-0.39, 0.29) is 5.82 Å². The summed E-state index contributed by atoms with van der Waals surface area (Å²) < 4.78 is 17.9. The molecule has 1 aromatic rings. The van der Waals surface area contributed by atoms with E-state index in [9.17, 15) is 9.41 Å². The smallest absolute Gasteiger partial charge is 0.423 e. The van der Waals surface area contributed by atoms with Crippen LogP contribution in [0.1, 0.15) is 11.1 Å². The van der Waals surface area contributed by atoms with Crippen molar-refractivity contribution in [2.24, 2.45) is 0 Å². The molecule has 0 saturated heterocycles. The normalized spacial score (nSPS) is 15.1. The Bertz CT molecular complexity index is 327. The second-order valence-electron chi connectivity index (χ2n) is 2.90. The highest BCUT2D eigenvalue weighted by Gasteiger charge is 2.28. The SMILES string of the molecule is Cc1c(F)ccc2c1COB2O. The molecule has 0 bridgehead atoms. The third-order valence-corrected chi connectivity index (χ3v) is 2.22. The zero-order valence-electron chi connectivity index (χ0n) is 6.67. The van der Waals surface area contributed by atoms with Crippen LogP contribution in [0.4, 0.5) is 4.39 Å². The second-order valence-corrected chi connectivity index (χ2v) is 2.90. The van der Waals surface area contributed by atoms with Crippen LogP contribution in [0.3, 0.4) is 0 Å². The van der Waals surface area contributed by atoms with Crippen LogP contribution < -0.4 is 5.46 Å². The van der Waals surface area contributed by atoms with E-state index < -0.39 is 7.12 Å². The molecule has 0 aromatic heterocycles. The second kappa shape index (κ2) is 2.57. The van der Waals surface area contributed by atoms with Gasteiger partial charge in [0.2, 0.25) is 0 Å². The Kier molecular flexibility index (Phi) is 1.66. The van der Waals surface area contributed by atoms with E-state index in [0.717, 1.165) is 5.56 Å². The van der Waals surface area contributed by atoms with Crippen molar-refractivity contribution >= 4 is 12.6 Å². The molecule has 0 amide bonds. The lowest BCUT2D eigenvalue weighted by Crippen LogP contribution is -2.28. The summed E-state index contributed by atoms with van der Waals surface area (Å²) in [4.78, 5) is 0. The maximum Gasteiger partial charge on any atom is 0.491 e. The van der Waals surface area contributed by atoms with Gasteiger partial charge in [0.1, 0.15) is 5.82 Å². The van der Waals surface area contributed by atoms with Crippen molar-refractivity contribution in [1.29, 1.82) is 0 Å². The minimum absolute atomic E-state index is 0.244. The standard InChI is InChI=1S/C8H8BFO2/c1-5-6-4-12-9(11)7(6)2-3-8(5)10/h2-3,11H,4H2,1H3. The maximum atomic E-state index is 13.0. The highest BCUT2D eigenvalue weighted by molar-refractivity contribution is 6.61. The lowest BCUT2D eigenvalue weighted by atomic mass is 9.78. The molecule has 0 unspecified atom stereocenters. The van der Waals surface area contributed by atoms with Crippen molar-refractivity contribution in [3.63, 3.8) is 0 Å². The van der Waals surface area contributed by atoms with Gasteiger partial charge in [-0.1, -0.05) is 6.07 Å². The first-order chi connectivity index (χ1) is 5.70. The first-order valence-corrected chi connectivity index (χ1v) is 3.77. The van der Waals surface area contributed by atoms with Crippen LogP contribution in [0.25, 0.3) is 0 Å². The van der Waals surface area contributed by atoms with Gasteiger partial charge in [0.05, 0.1) is 6.61 Å². The quantitative estimate of drug-likeness (QED) is 0.563. The van der Waals surface area contributed by atoms with Crippen molar-refractivity contribution in [3.05, 3.63) is 29.1 Å². The summed E-state index contributed by atoms with van der Waals surface area (Å²) in [7, 11) is -0.876. The Balaban J connectivity index is 2.60. The van der Waals surface area contributed by atoms with Crippen molar-refractivity contribution < 1.29 is 14.1 Å². The summed E-state index contributed by atoms with van der Waals surface area (Å²) >= 11 is 0. The third kappa shape index (κ3) is 0.957. The van der Waals surface area contributed by atoms with E-state index in [2.05, 4.69) is 0 Å². The molecule has 2 nitrogen and oxygen atoms in total. The monoisotopic (exact) mass is 166 g/mol. The average Bonchev–Trinajstić information content (AvgIpc) is 2.41. The molecule has 1 heterocycles. The van der Waals surface area contributed by atoms with E-state index in [1.165, 1.54) is 6.07 Å². The number of benzene rings is 1. The first-order valence-electron chi connectivity index (χ1n) is 3.77. The van der Waals surface area contributed by atoms with Crippen LogP contribution in [0, 0.1) is 12.7 Å². The lowest BCUT2D eigenvalue weighted by molar-refractivity contribution is 0.274. The largest absolute Gasteiger partial charge is 0.491 e. The van der Waals surface area contributed by atoms with Gasteiger partial charge in [-0.15, -0.1) is 0 Å². The number of rotatable bonds is 0. The molecule has 12 heavy (non-hydrogen) atoms. The summed E-state index contributed by atoms with van der Waals surface area (Å²) in [5, 5.41) is 9.25. The highest BCUT2D eigenvalue weighted by Crippen LogP contribution is 2.16. The zero-order chi connectivity index (χ0) is 8.72. The molecule has 0 saturated carbocycles. The fourth-order valence-corrected chi connectivity index (χ4v) is 1.42. The van der Waals surface area contributed by atoms with E-state index in [4.69, 9.17) is 4.65 Å². The Morgan fingerprint density at radius 1 is 1.58 bits per heavy atom. The Labute approximate surface area is 70.1 Å². The van der Waals surface area contributed by atoms with Gasteiger partial charge in [-0.2, -0.15) is 0 Å². The molecular formula is C8H8BFO2. The zero-order valence-corrected chi connectivity index (χ0v) is 6.67. The van der Waals surface area contributed by atoms with Gasteiger partial charge in [-0.05, 0) is 29.6 Å². The fourth-order valence-electron chi connectivity index (χ4n) is 1.42. The van der Waals surface area contributed by atoms with Gasteiger partial charge in [-0.25, -0.2) is 4.39 Å². The summed E-state index contributed by atoms with van der Waals surface area (Å²) in [6.45, 7) is 2.00. The van der Waals surface area contributed by atoms with Crippen LogP contribution in [0.2, 0.25) is 0 Å². The van der Waals surface area contributed by atoms with E-state index in [1.807, 2.05) is 0 Å². The topological polar surface area (TPSA) is 29.5 Å². The third-order valence-electron chi connectivity index (χ3n) is 2.22. The van der Waals surface area contributed by atoms with Gasteiger partial charge in [0, 0.05) is 0 Å². The van der Waals surface area contributed by atoms with Crippen LogP contribution in [-0.2, 0) is 11.3 Å². The van der Waals surface area contributed by atoms with Crippen molar-refractivity contribution in [1.82, 2.24) is 0 Å². The van der Waals surface area contributed by atoms with Gasteiger partial charge >= 0.3 is 7.12 Å². The van der Waals surface area contributed by atoms with Crippen LogP contribution >= 0.6 is 0 Å². The molecule has 4 heteroatoms. The number of fused-ring (bicyclic) bond motifs is 1. The van der Waals surface area contributed by atoms with Crippen LogP contribution in [-0.4, -0.2) is 12.1 Å². The number of hydrogen-bond donors (Lipinski definition) is 1. The van der Waals surface area contributed by atoms with E-state index in [0.29, 0.717) is 17.6 Å². The minimum Gasteiger partial charge on any atom is -0.423 e. The van der Waals surface area contributed by atoms with Crippen molar-refractivity contribution in [3.8, 4) is 0 Å². The van der Waals surface area contributed by atoms with E-state index in [1.54, 1.807) is 13.0 Å². The predicted molar refractivity (Wildman–Crippen MR) is 43.5 cm³/mol. The number of hydrogen-bond acceptors (Lipinski definition) is 2. The average molecular weight is 166 g/mol.